The molecule has 7 nitrogen and oxygen atoms in total. The number of nitrogens with zero attached hydrogens (tertiary/aromatic N) is 3. The van der Waals surface area contributed by atoms with Gasteiger partial charge < -0.3 is 21.3 Å². The minimum absolute atomic E-state index is 0.0179. The smallest absolute Gasteiger partial charge is 0.221 e. The Morgan fingerprint density at radius 2 is 2.07 bits per heavy atom. The summed E-state index contributed by atoms with van der Waals surface area (Å²) in [6, 6.07) is 11.6. The summed E-state index contributed by atoms with van der Waals surface area (Å²) in [5.41, 5.74) is 6.84. The van der Waals surface area contributed by atoms with E-state index in [1.807, 2.05) is 7.05 Å². The van der Waals surface area contributed by atoms with E-state index >= 15 is 0 Å². The van der Waals surface area contributed by atoms with E-state index in [0.29, 0.717) is 12.1 Å². The predicted molar refractivity (Wildman–Crippen MR) is 122 cm³/mol. The number of likely N-dealkylation sites (tertiary alicyclic amines) is 2. The van der Waals surface area contributed by atoms with Gasteiger partial charge in [-0.3, -0.25) is 14.7 Å². The molecule has 1 aromatic rings. The third-order valence-corrected chi connectivity index (χ3v) is 6.35. The lowest BCUT2D eigenvalue weighted by molar-refractivity contribution is -0.123. The van der Waals surface area contributed by atoms with Gasteiger partial charge in [0, 0.05) is 45.3 Å². The molecular weight excluding hydrogens is 376 g/mol. The largest absolute Gasteiger partial charge is 0.369 e. The Bertz CT molecular complexity index is 694. The molecule has 3 unspecified atom stereocenters. The first-order chi connectivity index (χ1) is 14.5. The first kappa shape index (κ1) is 22.6. The second-order valence-electron chi connectivity index (χ2n) is 8.74. The zero-order valence-corrected chi connectivity index (χ0v) is 18.5. The van der Waals surface area contributed by atoms with Crippen molar-refractivity contribution in [2.24, 2.45) is 16.6 Å². The molecule has 2 heterocycles. The van der Waals surface area contributed by atoms with Crippen molar-refractivity contribution in [2.45, 2.75) is 51.2 Å². The molecule has 0 aromatic heterocycles. The molecule has 1 aromatic carbocycles. The van der Waals surface area contributed by atoms with Crippen LogP contribution < -0.4 is 16.4 Å². The van der Waals surface area contributed by atoms with Crippen molar-refractivity contribution in [1.29, 1.82) is 0 Å². The fourth-order valence-corrected chi connectivity index (χ4v) is 4.63. The van der Waals surface area contributed by atoms with E-state index < -0.39 is 0 Å². The van der Waals surface area contributed by atoms with E-state index in [-0.39, 0.29) is 11.8 Å². The number of aliphatic imine (C=N–C) groups is 1. The van der Waals surface area contributed by atoms with Gasteiger partial charge in [-0.2, -0.15) is 0 Å². The van der Waals surface area contributed by atoms with Crippen molar-refractivity contribution in [3.8, 4) is 0 Å². The minimum Gasteiger partial charge on any atom is -0.369 e. The summed E-state index contributed by atoms with van der Waals surface area (Å²) in [4.78, 5) is 20.7. The molecule has 4 N–H and O–H groups in total. The van der Waals surface area contributed by atoms with Gasteiger partial charge in [-0.25, -0.2) is 0 Å². The lowest BCUT2D eigenvalue weighted by atomic mass is 9.97. The molecule has 0 radical (unpaired) electrons. The van der Waals surface area contributed by atoms with Crippen LogP contribution in [0.4, 0.5) is 0 Å². The maximum atomic E-state index is 11.4. The molecule has 3 rings (SSSR count). The minimum atomic E-state index is -0.158. The lowest BCUT2D eigenvalue weighted by Gasteiger charge is -2.31. The highest BCUT2D eigenvalue weighted by Crippen LogP contribution is 2.20. The van der Waals surface area contributed by atoms with Gasteiger partial charge in [0.05, 0.1) is 5.92 Å². The molecule has 0 aliphatic carbocycles. The third kappa shape index (κ3) is 6.71. The number of nitrogens with one attached hydrogen (secondary N) is 2. The van der Waals surface area contributed by atoms with Crippen molar-refractivity contribution < 1.29 is 4.79 Å². The van der Waals surface area contributed by atoms with Gasteiger partial charge in [0.15, 0.2) is 5.96 Å². The van der Waals surface area contributed by atoms with Crippen molar-refractivity contribution in [1.82, 2.24) is 20.4 Å². The van der Waals surface area contributed by atoms with Crippen LogP contribution in [0.15, 0.2) is 35.3 Å². The monoisotopic (exact) mass is 414 g/mol. The van der Waals surface area contributed by atoms with Gasteiger partial charge in [0.1, 0.15) is 0 Å². The topological polar surface area (TPSA) is 86.0 Å². The summed E-state index contributed by atoms with van der Waals surface area (Å²) in [5.74, 6) is 0.737. The van der Waals surface area contributed by atoms with E-state index in [1.54, 1.807) is 0 Å². The van der Waals surface area contributed by atoms with Crippen LogP contribution >= 0.6 is 0 Å². The standard InChI is InChI=1S/C23H38N6O/c1-18-14-21(17-29(18)15-19-8-4-3-5-9-19)27-23(25-2)26-11-7-13-28-12-6-10-20(16-28)22(24)30/h3-5,8-9,18,20-21H,6-7,10-17H2,1-2H3,(H2,24,30)(H2,25,26,27). The molecule has 1 amide bonds. The normalized spacial score (nSPS) is 25.9. The maximum absolute atomic E-state index is 11.4. The lowest BCUT2D eigenvalue weighted by Crippen LogP contribution is -2.45. The number of amides is 1. The average Bonchev–Trinajstić information content (AvgIpc) is 3.09. The van der Waals surface area contributed by atoms with Crippen LogP contribution in [0.3, 0.4) is 0 Å². The maximum Gasteiger partial charge on any atom is 0.221 e. The average molecular weight is 415 g/mol. The Balaban J connectivity index is 1.36. The molecule has 30 heavy (non-hydrogen) atoms. The molecular formula is C23H38N6O. The second-order valence-corrected chi connectivity index (χ2v) is 8.74. The first-order valence-corrected chi connectivity index (χ1v) is 11.3. The molecule has 0 saturated carbocycles. The Labute approximate surface area is 181 Å². The first-order valence-electron chi connectivity index (χ1n) is 11.3. The number of carbonyl (C=O) groups excluding carboxylic acids is 1. The summed E-state index contributed by atoms with van der Waals surface area (Å²) in [6.07, 6.45) is 4.13. The number of piperidine rings is 1. The highest BCUT2D eigenvalue weighted by Gasteiger charge is 2.29. The fourth-order valence-electron chi connectivity index (χ4n) is 4.63. The highest BCUT2D eigenvalue weighted by atomic mass is 16.1. The van der Waals surface area contributed by atoms with Gasteiger partial charge in [0.25, 0.3) is 0 Å². The van der Waals surface area contributed by atoms with E-state index in [9.17, 15) is 4.79 Å². The molecule has 2 aliphatic heterocycles. The number of guanidine groups is 1. The third-order valence-electron chi connectivity index (χ3n) is 6.35. The number of benzene rings is 1. The van der Waals surface area contributed by atoms with Crippen molar-refractivity contribution in [2.75, 3.05) is 39.8 Å². The van der Waals surface area contributed by atoms with Crippen molar-refractivity contribution >= 4 is 11.9 Å². The molecule has 0 bridgehead atoms. The molecule has 0 spiro atoms. The van der Waals surface area contributed by atoms with Crippen LogP contribution in [0.1, 0.15) is 38.2 Å². The molecule has 166 valence electrons. The molecule has 3 atom stereocenters. The van der Waals surface area contributed by atoms with Gasteiger partial charge >= 0.3 is 0 Å². The zero-order valence-electron chi connectivity index (χ0n) is 18.5. The fraction of sp³-hybridized carbons (Fsp3) is 0.652. The van der Waals surface area contributed by atoms with Gasteiger partial charge in [-0.05, 0) is 51.3 Å². The van der Waals surface area contributed by atoms with Gasteiger partial charge in [-0.15, -0.1) is 0 Å². The summed E-state index contributed by atoms with van der Waals surface area (Å²) >= 11 is 0. The Morgan fingerprint density at radius 3 is 2.80 bits per heavy atom. The Kier molecular flexibility index (Phi) is 8.51. The van der Waals surface area contributed by atoms with E-state index in [1.165, 1.54) is 5.56 Å². The number of nitrogens with two attached hydrogens (primary N) is 1. The zero-order chi connectivity index (χ0) is 21.3. The number of hydrogen-bond acceptors (Lipinski definition) is 4. The van der Waals surface area contributed by atoms with Crippen LogP contribution in [-0.2, 0) is 11.3 Å². The predicted octanol–water partition coefficient (Wildman–Crippen LogP) is 1.40. The summed E-state index contributed by atoms with van der Waals surface area (Å²) < 4.78 is 0. The van der Waals surface area contributed by atoms with Crippen molar-refractivity contribution in [3.05, 3.63) is 35.9 Å². The van der Waals surface area contributed by atoms with Gasteiger partial charge in [-0.1, -0.05) is 30.3 Å². The second kappa shape index (κ2) is 11.3. The number of rotatable bonds is 8. The summed E-state index contributed by atoms with van der Waals surface area (Å²) in [6.45, 7) is 8.05. The van der Waals surface area contributed by atoms with Crippen LogP contribution in [0.2, 0.25) is 0 Å². The molecule has 2 aliphatic rings. The van der Waals surface area contributed by atoms with Crippen LogP contribution in [-0.4, -0.2) is 73.5 Å². The van der Waals surface area contributed by atoms with Crippen LogP contribution in [0.5, 0.6) is 0 Å². The quantitative estimate of drug-likeness (QED) is 0.340. The van der Waals surface area contributed by atoms with E-state index in [2.05, 4.69) is 62.7 Å². The Morgan fingerprint density at radius 1 is 1.27 bits per heavy atom. The number of carbonyl (C=O) groups is 1. The number of primary amides is 1. The molecule has 2 fully saturated rings. The summed E-state index contributed by atoms with van der Waals surface area (Å²) in [7, 11) is 1.83. The van der Waals surface area contributed by atoms with E-state index in [0.717, 1.165) is 70.9 Å². The molecule has 2 saturated heterocycles. The van der Waals surface area contributed by atoms with Gasteiger partial charge in [0.2, 0.25) is 5.91 Å². The van der Waals surface area contributed by atoms with E-state index in [4.69, 9.17) is 5.73 Å². The SMILES string of the molecule is CN=C(NCCCN1CCCC(C(N)=O)C1)NC1CC(C)N(Cc2ccccc2)C1. The summed E-state index contributed by atoms with van der Waals surface area (Å²) in [5, 5.41) is 7.05. The molecule has 7 heteroatoms. The highest BCUT2D eigenvalue weighted by molar-refractivity contribution is 5.80. The van der Waals surface area contributed by atoms with Crippen molar-refractivity contribution in [3.63, 3.8) is 0 Å². The number of hydrogen-bond donors (Lipinski definition) is 3. The Hall–Kier alpha value is -2.12. The van der Waals surface area contributed by atoms with Crippen LogP contribution in [0.25, 0.3) is 0 Å². The van der Waals surface area contributed by atoms with Crippen LogP contribution in [0, 0.1) is 5.92 Å².